The van der Waals surface area contributed by atoms with Crippen molar-refractivity contribution in [3.8, 4) is 0 Å². The zero-order chi connectivity index (χ0) is 23.4. The number of rotatable bonds is 7. The van der Waals surface area contributed by atoms with Crippen LogP contribution in [0.3, 0.4) is 0 Å². The zero-order valence-corrected chi connectivity index (χ0v) is 19.5. The van der Waals surface area contributed by atoms with Gasteiger partial charge in [0, 0.05) is 44.4 Å². The second kappa shape index (κ2) is 9.86. The lowest BCUT2D eigenvalue weighted by atomic mass is 10.1. The third-order valence-corrected chi connectivity index (χ3v) is 5.47. The number of Topliss-reactive ketones (excluding diaryl/α,β-unsaturated/α-hetero) is 1. The molecule has 0 atom stereocenters. The standard InChI is InChI=1S/C23H29N9O/c1-5-19-26-22(30-23(28-19)32-12-10-31(4)11-13-32)29-21-24-9-8-20(27-21)25-18-14-15(2)6-7-17(18)16(3)33/h6-9,14H,5,10-13H2,1-4H3,(H2,24,25,26,27,28,29,30). The van der Waals surface area contributed by atoms with Gasteiger partial charge in [-0.15, -0.1) is 0 Å². The van der Waals surface area contributed by atoms with E-state index in [-0.39, 0.29) is 5.78 Å². The van der Waals surface area contributed by atoms with E-state index < -0.39 is 0 Å². The molecule has 10 nitrogen and oxygen atoms in total. The van der Waals surface area contributed by atoms with Crippen molar-refractivity contribution >= 4 is 35.1 Å². The third kappa shape index (κ3) is 5.58. The lowest BCUT2D eigenvalue weighted by Gasteiger charge is -2.32. The molecule has 1 fully saturated rings. The minimum absolute atomic E-state index is 0.0152. The highest BCUT2D eigenvalue weighted by Crippen LogP contribution is 2.23. The molecule has 172 valence electrons. The van der Waals surface area contributed by atoms with E-state index in [9.17, 15) is 4.79 Å². The number of nitrogens with one attached hydrogen (secondary N) is 2. The molecule has 0 unspecified atom stereocenters. The van der Waals surface area contributed by atoms with Gasteiger partial charge in [0.15, 0.2) is 5.78 Å². The van der Waals surface area contributed by atoms with Gasteiger partial charge in [0.1, 0.15) is 11.6 Å². The van der Waals surface area contributed by atoms with Crippen LogP contribution in [0.4, 0.5) is 29.4 Å². The summed E-state index contributed by atoms with van der Waals surface area (Å²) in [7, 11) is 2.11. The van der Waals surface area contributed by atoms with Crippen LogP contribution in [0.15, 0.2) is 30.5 Å². The molecule has 0 spiro atoms. The highest BCUT2D eigenvalue weighted by Gasteiger charge is 2.18. The summed E-state index contributed by atoms with van der Waals surface area (Å²) in [6.45, 7) is 9.21. The fourth-order valence-electron chi connectivity index (χ4n) is 3.56. The average molecular weight is 448 g/mol. The molecule has 2 N–H and O–H groups in total. The Morgan fingerprint density at radius 3 is 2.52 bits per heavy atom. The van der Waals surface area contributed by atoms with E-state index in [1.54, 1.807) is 19.2 Å². The molecule has 3 heterocycles. The molecule has 1 aliphatic heterocycles. The molecule has 0 saturated carbocycles. The maximum absolute atomic E-state index is 12.0. The fourth-order valence-corrected chi connectivity index (χ4v) is 3.56. The van der Waals surface area contributed by atoms with Crippen molar-refractivity contribution < 1.29 is 4.79 Å². The second-order valence-corrected chi connectivity index (χ2v) is 8.14. The maximum atomic E-state index is 12.0. The predicted molar refractivity (Wildman–Crippen MR) is 129 cm³/mol. The predicted octanol–water partition coefficient (Wildman–Crippen LogP) is 2.97. The Balaban J connectivity index is 1.56. The lowest BCUT2D eigenvalue weighted by Crippen LogP contribution is -2.45. The van der Waals surface area contributed by atoms with Crippen LogP contribution < -0.4 is 15.5 Å². The highest BCUT2D eigenvalue weighted by atomic mass is 16.1. The number of aryl methyl sites for hydroxylation is 2. The molecule has 33 heavy (non-hydrogen) atoms. The van der Waals surface area contributed by atoms with Crippen LogP contribution in [0, 0.1) is 6.92 Å². The second-order valence-electron chi connectivity index (χ2n) is 8.14. The Morgan fingerprint density at radius 1 is 1.00 bits per heavy atom. The van der Waals surface area contributed by atoms with Crippen molar-refractivity contribution in [3.63, 3.8) is 0 Å². The van der Waals surface area contributed by atoms with Crippen LogP contribution in [-0.4, -0.2) is 68.8 Å². The van der Waals surface area contributed by atoms with Crippen LogP contribution in [0.1, 0.15) is 35.6 Å². The van der Waals surface area contributed by atoms with E-state index in [4.69, 9.17) is 0 Å². The van der Waals surface area contributed by atoms with E-state index in [1.165, 1.54) is 0 Å². The summed E-state index contributed by atoms with van der Waals surface area (Å²) in [5, 5.41) is 6.35. The SMILES string of the molecule is CCc1nc(Nc2nccc(Nc3cc(C)ccc3C(C)=O)n2)nc(N2CCN(C)CC2)n1. The third-order valence-electron chi connectivity index (χ3n) is 5.47. The van der Waals surface area contributed by atoms with Crippen molar-refractivity contribution in [1.82, 2.24) is 29.8 Å². The Bertz CT molecular complexity index is 1140. The number of benzene rings is 1. The van der Waals surface area contributed by atoms with Crippen molar-refractivity contribution in [3.05, 3.63) is 47.4 Å². The summed E-state index contributed by atoms with van der Waals surface area (Å²) in [6.07, 6.45) is 2.34. The number of carbonyl (C=O) groups is 1. The van der Waals surface area contributed by atoms with Gasteiger partial charge in [-0.2, -0.15) is 19.9 Å². The van der Waals surface area contributed by atoms with Gasteiger partial charge in [0.2, 0.25) is 17.8 Å². The summed E-state index contributed by atoms with van der Waals surface area (Å²) in [5.74, 6) is 2.69. The number of aromatic nitrogens is 5. The van der Waals surface area contributed by atoms with Gasteiger partial charge < -0.3 is 15.1 Å². The summed E-state index contributed by atoms with van der Waals surface area (Å²) in [6, 6.07) is 7.40. The van der Waals surface area contributed by atoms with Gasteiger partial charge >= 0.3 is 0 Å². The molecule has 1 aromatic carbocycles. The van der Waals surface area contributed by atoms with Gasteiger partial charge in [-0.1, -0.05) is 13.0 Å². The van der Waals surface area contributed by atoms with Crippen LogP contribution in [0.2, 0.25) is 0 Å². The molecule has 0 radical (unpaired) electrons. The van der Waals surface area contributed by atoms with Gasteiger partial charge in [-0.3, -0.25) is 10.1 Å². The Kier molecular flexibility index (Phi) is 6.74. The molecular weight excluding hydrogens is 418 g/mol. The van der Waals surface area contributed by atoms with E-state index in [1.807, 2.05) is 32.0 Å². The number of hydrogen-bond acceptors (Lipinski definition) is 10. The topological polar surface area (TPSA) is 112 Å². The summed E-state index contributed by atoms with van der Waals surface area (Å²) in [4.78, 5) is 39.0. The monoisotopic (exact) mass is 447 g/mol. The number of nitrogens with zero attached hydrogens (tertiary/aromatic N) is 7. The van der Waals surface area contributed by atoms with Gasteiger partial charge in [0.25, 0.3) is 0 Å². The first-order chi connectivity index (χ1) is 15.9. The first-order valence-electron chi connectivity index (χ1n) is 11.1. The fraction of sp³-hybridized carbons (Fsp3) is 0.391. The average Bonchev–Trinajstić information content (AvgIpc) is 2.79. The smallest absolute Gasteiger partial charge is 0.234 e. The zero-order valence-electron chi connectivity index (χ0n) is 19.5. The minimum atomic E-state index is -0.0152. The van der Waals surface area contributed by atoms with Crippen molar-refractivity contribution in [1.29, 1.82) is 0 Å². The van der Waals surface area contributed by atoms with Crippen LogP contribution in [0.5, 0.6) is 0 Å². The number of hydrogen-bond donors (Lipinski definition) is 2. The Morgan fingerprint density at radius 2 is 1.79 bits per heavy atom. The van der Waals surface area contributed by atoms with Crippen LogP contribution >= 0.6 is 0 Å². The molecule has 4 rings (SSSR count). The van der Waals surface area contributed by atoms with E-state index in [0.717, 1.165) is 31.7 Å². The van der Waals surface area contributed by atoms with Gasteiger partial charge in [0.05, 0.1) is 5.69 Å². The summed E-state index contributed by atoms with van der Waals surface area (Å²) >= 11 is 0. The maximum Gasteiger partial charge on any atom is 0.234 e. The van der Waals surface area contributed by atoms with Crippen LogP contribution in [0.25, 0.3) is 0 Å². The molecule has 1 aliphatic rings. The normalized spacial score (nSPS) is 14.2. The van der Waals surface area contributed by atoms with E-state index >= 15 is 0 Å². The van der Waals surface area contributed by atoms with Crippen LogP contribution in [-0.2, 0) is 6.42 Å². The molecule has 1 saturated heterocycles. The minimum Gasteiger partial charge on any atom is -0.339 e. The molecule has 3 aromatic rings. The number of likely N-dealkylation sites (N-methyl/N-ethyl adjacent to an activating group) is 1. The number of anilines is 5. The summed E-state index contributed by atoms with van der Waals surface area (Å²) < 4.78 is 0. The molecule has 0 bridgehead atoms. The molecule has 2 aromatic heterocycles. The van der Waals surface area contributed by atoms with Gasteiger partial charge in [-0.05, 0) is 44.7 Å². The Hall–Kier alpha value is -3.66. The Labute approximate surface area is 193 Å². The van der Waals surface area contributed by atoms with Crippen molar-refractivity contribution in [2.45, 2.75) is 27.2 Å². The van der Waals surface area contributed by atoms with E-state index in [0.29, 0.717) is 47.2 Å². The molecular formula is C23H29N9O. The molecule has 0 amide bonds. The number of carbonyl (C=O) groups excluding carboxylic acids is 1. The lowest BCUT2D eigenvalue weighted by molar-refractivity contribution is 0.101. The van der Waals surface area contributed by atoms with Crippen molar-refractivity contribution in [2.24, 2.45) is 0 Å². The first kappa shape index (κ1) is 22.5. The number of piperazine rings is 1. The number of ketones is 1. The molecule has 0 aliphatic carbocycles. The quantitative estimate of drug-likeness (QED) is 0.524. The largest absolute Gasteiger partial charge is 0.339 e. The highest BCUT2D eigenvalue weighted by molar-refractivity contribution is 6.00. The molecule has 10 heteroatoms. The van der Waals surface area contributed by atoms with E-state index in [2.05, 4.69) is 52.4 Å². The summed E-state index contributed by atoms with van der Waals surface area (Å²) in [5.41, 5.74) is 2.36. The first-order valence-corrected chi connectivity index (χ1v) is 11.1. The van der Waals surface area contributed by atoms with Gasteiger partial charge in [-0.25, -0.2) is 4.98 Å². The van der Waals surface area contributed by atoms with Crippen molar-refractivity contribution in [2.75, 3.05) is 48.8 Å².